The molecular weight excluding hydrogens is 248 g/mol. The van der Waals surface area contributed by atoms with Crippen molar-refractivity contribution >= 4 is 11.8 Å². The quantitative estimate of drug-likeness (QED) is 0.393. The number of rotatable bonds is 7. The van der Waals surface area contributed by atoms with Crippen molar-refractivity contribution in [3.05, 3.63) is 0 Å². The van der Waals surface area contributed by atoms with Crippen LogP contribution in [0.15, 0.2) is 0 Å². The lowest BCUT2D eigenvalue weighted by Crippen LogP contribution is -2.34. The molecule has 0 saturated heterocycles. The predicted molar refractivity (Wildman–Crippen MR) is 48.0 cm³/mol. The van der Waals surface area contributed by atoms with E-state index in [9.17, 15) is 27.2 Å². The van der Waals surface area contributed by atoms with Gasteiger partial charge in [-0.25, -0.2) is 8.78 Å². The molecule has 4 nitrogen and oxygen atoms in total. The molecule has 8 heteroatoms. The van der Waals surface area contributed by atoms with Gasteiger partial charge in [0.25, 0.3) is 0 Å². The first kappa shape index (κ1) is 15.8. The Bertz CT molecular complexity index is 280. The van der Waals surface area contributed by atoms with E-state index in [0.717, 1.165) is 7.11 Å². The highest BCUT2D eigenvalue weighted by Crippen LogP contribution is 2.22. The molecule has 0 aliphatic carbocycles. The van der Waals surface area contributed by atoms with E-state index in [1.165, 1.54) is 6.92 Å². The number of methoxy groups -OCH3 is 1. The first-order chi connectivity index (χ1) is 7.72. The van der Waals surface area contributed by atoms with Crippen molar-refractivity contribution < 1.29 is 36.6 Å². The van der Waals surface area contributed by atoms with E-state index in [2.05, 4.69) is 9.47 Å². The van der Waals surface area contributed by atoms with Crippen LogP contribution in [0.3, 0.4) is 0 Å². The fourth-order valence-electron chi connectivity index (χ4n) is 0.784. The minimum Gasteiger partial charge on any atom is -0.468 e. The maximum atomic E-state index is 12.3. The van der Waals surface area contributed by atoms with Crippen molar-refractivity contribution in [3.8, 4) is 0 Å². The third-order valence-electron chi connectivity index (χ3n) is 1.90. The van der Waals surface area contributed by atoms with Gasteiger partial charge < -0.3 is 9.47 Å². The van der Waals surface area contributed by atoms with Crippen molar-refractivity contribution in [2.45, 2.75) is 19.3 Å². The van der Waals surface area contributed by atoms with E-state index < -0.39 is 43.2 Å². The maximum absolute atomic E-state index is 12.3. The highest BCUT2D eigenvalue weighted by Gasteiger charge is 2.41. The molecule has 0 aliphatic rings. The van der Waals surface area contributed by atoms with Crippen LogP contribution in [-0.2, 0) is 19.1 Å². The zero-order chi connectivity index (χ0) is 13.6. The molecular formula is C9H12F4O4. The first-order valence-electron chi connectivity index (χ1n) is 4.56. The minimum atomic E-state index is -4.31. The van der Waals surface area contributed by atoms with Gasteiger partial charge >= 0.3 is 18.3 Å². The van der Waals surface area contributed by atoms with Gasteiger partial charge in [0.15, 0.2) is 5.78 Å². The fourth-order valence-corrected chi connectivity index (χ4v) is 0.784. The number of hydrogen-bond donors (Lipinski definition) is 0. The summed E-state index contributed by atoms with van der Waals surface area (Å²) in [4.78, 5) is 22.0. The summed E-state index contributed by atoms with van der Waals surface area (Å²) in [6, 6.07) is 0. The summed E-state index contributed by atoms with van der Waals surface area (Å²) < 4.78 is 56.5. The highest BCUT2D eigenvalue weighted by molar-refractivity contribution is 5.99. The Hall–Kier alpha value is -1.18. The largest absolute Gasteiger partial charge is 0.468 e. The number of hydrogen-bond acceptors (Lipinski definition) is 4. The number of carbonyl (C=O) groups excluding carboxylic acids is 2. The molecule has 0 N–H and O–H groups in total. The van der Waals surface area contributed by atoms with E-state index in [1.807, 2.05) is 0 Å². The minimum absolute atomic E-state index is 0.818. The SMILES string of the molecule is COC(=O)C(C)C(=O)COCC(F)(F)C(F)F. The van der Waals surface area contributed by atoms with Crippen LogP contribution in [0.25, 0.3) is 0 Å². The highest BCUT2D eigenvalue weighted by atomic mass is 19.3. The van der Waals surface area contributed by atoms with Gasteiger partial charge in [-0.1, -0.05) is 0 Å². The summed E-state index contributed by atoms with van der Waals surface area (Å²) in [6.07, 6.45) is -3.87. The van der Waals surface area contributed by atoms with Crippen molar-refractivity contribution in [1.82, 2.24) is 0 Å². The Morgan fingerprint density at radius 1 is 1.29 bits per heavy atom. The lowest BCUT2D eigenvalue weighted by molar-refractivity contribution is -0.170. The van der Waals surface area contributed by atoms with E-state index in [0.29, 0.717) is 0 Å². The fraction of sp³-hybridized carbons (Fsp3) is 0.778. The average Bonchev–Trinajstić information content (AvgIpc) is 2.26. The zero-order valence-electron chi connectivity index (χ0n) is 9.21. The summed E-state index contributed by atoms with van der Waals surface area (Å²) in [5, 5.41) is 0. The number of alkyl halides is 4. The summed E-state index contributed by atoms with van der Waals surface area (Å²) in [7, 11) is 1.05. The van der Waals surface area contributed by atoms with E-state index in [1.54, 1.807) is 0 Å². The van der Waals surface area contributed by atoms with Crippen LogP contribution in [-0.4, -0.2) is 44.4 Å². The summed E-state index contributed by atoms with van der Waals surface area (Å²) in [5.74, 6) is -7.16. The molecule has 0 amide bonds. The maximum Gasteiger partial charge on any atom is 0.330 e. The van der Waals surface area contributed by atoms with Crippen molar-refractivity contribution in [2.24, 2.45) is 5.92 Å². The molecule has 100 valence electrons. The Morgan fingerprint density at radius 3 is 2.24 bits per heavy atom. The van der Waals surface area contributed by atoms with Crippen LogP contribution >= 0.6 is 0 Å². The molecule has 0 saturated carbocycles. The molecule has 0 radical (unpaired) electrons. The van der Waals surface area contributed by atoms with Crippen molar-refractivity contribution in [3.63, 3.8) is 0 Å². The van der Waals surface area contributed by atoms with Crippen molar-refractivity contribution in [2.75, 3.05) is 20.3 Å². The molecule has 0 heterocycles. The predicted octanol–water partition coefficient (Wildman–Crippen LogP) is 1.28. The molecule has 0 aromatic heterocycles. The van der Waals surface area contributed by atoms with Crippen LogP contribution in [0.4, 0.5) is 17.6 Å². The number of Topliss-reactive ketones (excluding diaryl/α,β-unsaturated/α-hetero) is 1. The summed E-state index contributed by atoms with van der Waals surface area (Å²) in [5.41, 5.74) is 0. The topological polar surface area (TPSA) is 52.6 Å². The van der Waals surface area contributed by atoms with Gasteiger partial charge in [0.2, 0.25) is 0 Å². The summed E-state index contributed by atoms with van der Waals surface area (Å²) >= 11 is 0. The monoisotopic (exact) mass is 260 g/mol. The second-order valence-corrected chi connectivity index (χ2v) is 3.27. The van der Waals surface area contributed by atoms with Crippen molar-refractivity contribution in [1.29, 1.82) is 0 Å². The van der Waals surface area contributed by atoms with Crippen LogP contribution in [0, 0.1) is 5.92 Å². The smallest absolute Gasteiger partial charge is 0.330 e. The Kier molecular flexibility index (Phi) is 6.08. The molecule has 0 bridgehead atoms. The third kappa shape index (κ3) is 5.12. The molecule has 0 aromatic carbocycles. The Balaban J connectivity index is 4.06. The van der Waals surface area contributed by atoms with Crippen LogP contribution < -0.4 is 0 Å². The van der Waals surface area contributed by atoms with Gasteiger partial charge in [0, 0.05) is 0 Å². The molecule has 1 unspecified atom stereocenters. The average molecular weight is 260 g/mol. The van der Waals surface area contributed by atoms with Crippen LogP contribution in [0.5, 0.6) is 0 Å². The molecule has 0 aliphatic heterocycles. The third-order valence-corrected chi connectivity index (χ3v) is 1.90. The van der Waals surface area contributed by atoms with Gasteiger partial charge in [0.1, 0.15) is 19.1 Å². The van der Waals surface area contributed by atoms with Gasteiger partial charge in [-0.2, -0.15) is 8.78 Å². The molecule has 0 fully saturated rings. The van der Waals surface area contributed by atoms with E-state index in [4.69, 9.17) is 0 Å². The lowest BCUT2D eigenvalue weighted by atomic mass is 10.1. The Labute approximate surface area is 94.9 Å². The molecule has 1 atom stereocenters. The van der Waals surface area contributed by atoms with Gasteiger partial charge in [-0.3, -0.25) is 9.59 Å². The number of ketones is 1. The number of esters is 1. The molecule has 0 rings (SSSR count). The van der Waals surface area contributed by atoms with Gasteiger partial charge in [-0.05, 0) is 6.92 Å². The van der Waals surface area contributed by atoms with E-state index in [-0.39, 0.29) is 0 Å². The number of carbonyl (C=O) groups is 2. The number of ether oxygens (including phenoxy) is 2. The molecule has 0 spiro atoms. The van der Waals surface area contributed by atoms with Crippen LogP contribution in [0.1, 0.15) is 6.92 Å². The molecule has 17 heavy (non-hydrogen) atoms. The lowest BCUT2D eigenvalue weighted by Gasteiger charge is -2.15. The van der Waals surface area contributed by atoms with E-state index >= 15 is 0 Å². The number of halogens is 4. The first-order valence-corrected chi connectivity index (χ1v) is 4.56. The van der Waals surface area contributed by atoms with Gasteiger partial charge in [-0.15, -0.1) is 0 Å². The van der Waals surface area contributed by atoms with Crippen LogP contribution in [0.2, 0.25) is 0 Å². The summed E-state index contributed by atoms with van der Waals surface area (Å²) in [6.45, 7) is -1.23. The van der Waals surface area contributed by atoms with Gasteiger partial charge in [0.05, 0.1) is 7.11 Å². The normalized spacial score (nSPS) is 13.6. The standard InChI is InChI=1S/C9H12F4O4/c1-5(7(15)16-2)6(14)3-17-4-9(12,13)8(10)11/h5,8H,3-4H2,1-2H3. The zero-order valence-corrected chi connectivity index (χ0v) is 9.21. The Morgan fingerprint density at radius 2 is 1.82 bits per heavy atom. The second kappa shape index (κ2) is 6.53. The second-order valence-electron chi connectivity index (χ2n) is 3.27. The molecule has 0 aromatic rings.